The first-order chi connectivity index (χ1) is 19.0. The predicted octanol–water partition coefficient (Wildman–Crippen LogP) is 4.31. The van der Waals surface area contributed by atoms with E-state index in [0.29, 0.717) is 61.0 Å². The molecule has 0 unspecified atom stereocenters. The molecule has 1 heterocycles. The molecule has 1 aromatic heterocycles. The smallest absolute Gasteiger partial charge is 0.322 e. The molecular weight excluding hydrogens is 500 g/mol. The molecule has 0 atom stereocenters. The molecule has 39 heavy (non-hydrogen) atoms. The minimum atomic E-state index is -0.415. The summed E-state index contributed by atoms with van der Waals surface area (Å²) < 4.78 is 21.4. The van der Waals surface area contributed by atoms with Crippen LogP contribution in [0.1, 0.15) is 23.3 Å². The van der Waals surface area contributed by atoms with Gasteiger partial charge in [0.25, 0.3) is 0 Å². The quantitative estimate of drug-likeness (QED) is 0.306. The second-order valence-electron chi connectivity index (χ2n) is 8.72. The number of methoxy groups -OCH3 is 3. The Morgan fingerprint density at radius 2 is 1.74 bits per heavy atom. The molecule has 0 radical (unpaired) electrons. The SMILES string of the molecule is COCCCN(CC(=O)N(CCc1ccc(OC)c(OC)c1)Cc1ccco1)C(=O)Nc1ccc(C#N)cc1. The van der Waals surface area contributed by atoms with E-state index in [2.05, 4.69) is 5.32 Å². The third-order valence-corrected chi connectivity index (χ3v) is 6.05. The highest BCUT2D eigenvalue weighted by atomic mass is 16.5. The molecule has 0 spiro atoms. The van der Waals surface area contributed by atoms with Crippen LogP contribution in [0.15, 0.2) is 65.3 Å². The van der Waals surface area contributed by atoms with Crippen molar-refractivity contribution in [2.45, 2.75) is 19.4 Å². The number of anilines is 1. The van der Waals surface area contributed by atoms with E-state index >= 15 is 0 Å². The summed E-state index contributed by atoms with van der Waals surface area (Å²) in [6.07, 6.45) is 2.69. The average molecular weight is 535 g/mol. The van der Waals surface area contributed by atoms with Crippen molar-refractivity contribution in [3.05, 3.63) is 77.7 Å². The zero-order valence-electron chi connectivity index (χ0n) is 22.5. The summed E-state index contributed by atoms with van der Waals surface area (Å²) in [4.78, 5) is 29.8. The van der Waals surface area contributed by atoms with Gasteiger partial charge in [0.15, 0.2) is 11.5 Å². The first-order valence-corrected chi connectivity index (χ1v) is 12.5. The first kappa shape index (κ1) is 29.1. The van der Waals surface area contributed by atoms with Gasteiger partial charge in [-0.15, -0.1) is 0 Å². The Kier molecular flexibility index (Phi) is 11.2. The van der Waals surface area contributed by atoms with Gasteiger partial charge in [-0.3, -0.25) is 4.79 Å². The Morgan fingerprint density at radius 3 is 2.38 bits per heavy atom. The molecule has 0 bridgehead atoms. The van der Waals surface area contributed by atoms with Crippen molar-refractivity contribution in [1.82, 2.24) is 9.80 Å². The highest BCUT2D eigenvalue weighted by molar-refractivity contribution is 5.92. The molecule has 10 nitrogen and oxygen atoms in total. The molecule has 10 heteroatoms. The van der Waals surface area contributed by atoms with E-state index in [1.54, 1.807) is 62.8 Å². The lowest BCUT2D eigenvalue weighted by Gasteiger charge is -2.27. The number of carbonyl (C=O) groups is 2. The van der Waals surface area contributed by atoms with Crippen molar-refractivity contribution in [2.24, 2.45) is 0 Å². The highest BCUT2D eigenvalue weighted by Gasteiger charge is 2.22. The number of furan rings is 1. The monoisotopic (exact) mass is 534 g/mol. The Bertz CT molecular complexity index is 1240. The van der Waals surface area contributed by atoms with Crippen molar-refractivity contribution in [3.8, 4) is 17.6 Å². The molecule has 0 fully saturated rings. The molecule has 0 saturated heterocycles. The summed E-state index contributed by atoms with van der Waals surface area (Å²) in [7, 11) is 4.75. The van der Waals surface area contributed by atoms with Crippen LogP contribution in [0.3, 0.4) is 0 Å². The molecule has 2 aromatic carbocycles. The standard InChI is InChI=1S/C29H34N4O6/c1-36-16-5-14-33(29(35)31-24-10-7-23(19-30)8-11-24)21-28(34)32(20-25-6-4-17-39-25)15-13-22-9-12-26(37-2)27(18-22)38-3/h4,6-12,17-18H,5,13-16,20-21H2,1-3H3,(H,31,35). The van der Waals surface area contributed by atoms with Gasteiger partial charge in [0, 0.05) is 32.5 Å². The van der Waals surface area contributed by atoms with Crippen molar-refractivity contribution < 1.29 is 28.2 Å². The molecule has 3 amide bonds. The van der Waals surface area contributed by atoms with Crippen LogP contribution in [0, 0.1) is 11.3 Å². The van der Waals surface area contributed by atoms with Crippen LogP contribution in [0.4, 0.5) is 10.5 Å². The van der Waals surface area contributed by atoms with E-state index in [4.69, 9.17) is 23.9 Å². The number of urea groups is 1. The molecule has 0 saturated carbocycles. The lowest BCUT2D eigenvalue weighted by atomic mass is 10.1. The number of benzene rings is 2. The zero-order valence-corrected chi connectivity index (χ0v) is 22.5. The molecule has 206 valence electrons. The van der Waals surface area contributed by atoms with Gasteiger partial charge in [-0.1, -0.05) is 6.07 Å². The molecule has 0 aliphatic heterocycles. The fourth-order valence-electron chi connectivity index (χ4n) is 3.93. The van der Waals surface area contributed by atoms with E-state index in [1.165, 1.54) is 4.90 Å². The summed E-state index contributed by atoms with van der Waals surface area (Å²) in [5, 5.41) is 11.8. The minimum Gasteiger partial charge on any atom is -0.493 e. The van der Waals surface area contributed by atoms with Crippen LogP contribution in [0.5, 0.6) is 11.5 Å². The molecule has 0 aliphatic carbocycles. The molecular formula is C29H34N4O6. The molecule has 3 rings (SSSR count). The van der Waals surface area contributed by atoms with Gasteiger partial charge in [-0.2, -0.15) is 5.26 Å². The van der Waals surface area contributed by atoms with Crippen LogP contribution in [0.25, 0.3) is 0 Å². The maximum atomic E-state index is 13.5. The Balaban J connectivity index is 1.73. The van der Waals surface area contributed by atoms with E-state index in [1.807, 2.05) is 30.3 Å². The number of rotatable bonds is 14. The van der Waals surface area contributed by atoms with Crippen molar-refractivity contribution in [3.63, 3.8) is 0 Å². The van der Waals surface area contributed by atoms with Gasteiger partial charge in [0.1, 0.15) is 12.3 Å². The first-order valence-electron chi connectivity index (χ1n) is 12.5. The van der Waals surface area contributed by atoms with Crippen molar-refractivity contribution >= 4 is 17.6 Å². The third kappa shape index (κ3) is 8.79. The van der Waals surface area contributed by atoms with Gasteiger partial charge in [0.05, 0.1) is 38.7 Å². The minimum absolute atomic E-state index is 0.127. The highest BCUT2D eigenvalue weighted by Crippen LogP contribution is 2.27. The molecule has 3 aromatic rings. The number of nitrogens with zero attached hydrogens (tertiary/aromatic N) is 3. The van der Waals surface area contributed by atoms with Crippen LogP contribution >= 0.6 is 0 Å². The fraction of sp³-hybridized carbons (Fsp3) is 0.345. The van der Waals surface area contributed by atoms with Crippen LogP contribution in [0.2, 0.25) is 0 Å². The van der Waals surface area contributed by atoms with Crippen LogP contribution in [-0.4, -0.2) is 69.3 Å². The van der Waals surface area contributed by atoms with Crippen molar-refractivity contribution in [2.75, 3.05) is 52.9 Å². The molecule has 0 aliphatic rings. The molecule has 1 N–H and O–H groups in total. The maximum absolute atomic E-state index is 13.5. The van der Waals surface area contributed by atoms with Gasteiger partial charge in [-0.05, 0) is 66.9 Å². The Hall–Kier alpha value is -4.49. The van der Waals surface area contributed by atoms with E-state index < -0.39 is 6.03 Å². The van der Waals surface area contributed by atoms with E-state index in [0.717, 1.165) is 5.56 Å². The zero-order chi connectivity index (χ0) is 28.0. The third-order valence-electron chi connectivity index (χ3n) is 6.05. The van der Waals surface area contributed by atoms with Crippen LogP contribution in [-0.2, 0) is 22.5 Å². The van der Waals surface area contributed by atoms with Crippen molar-refractivity contribution in [1.29, 1.82) is 5.26 Å². The second kappa shape index (κ2) is 15.1. The van der Waals surface area contributed by atoms with Gasteiger partial charge < -0.3 is 33.7 Å². The lowest BCUT2D eigenvalue weighted by molar-refractivity contribution is -0.132. The second-order valence-corrected chi connectivity index (χ2v) is 8.72. The number of carbonyl (C=O) groups excluding carboxylic acids is 2. The normalized spacial score (nSPS) is 10.4. The number of nitrogens with one attached hydrogen (secondary N) is 1. The van der Waals surface area contributed by atoms with Gasteiger partial charge >= 0.3 is 6.03 Å². The number of nitriles is 1. The number of hydrogen-bond acceptors (Lipinski definition) is 7. The average Bonchev–Trinajstić information content (AvgIpc) is 3.48. The summed E-state index contributed by atoms with van der Waals surface area (Å²) in [6.45, 7) is 1.31. The number of ether oxygens (including phenoxy) is 3. The summed E-state index contributed by atoms with van der Waals surface area (Å²) >= 11 is 0. The topological polar surface area (TPSA) is 117 Å². The summed E-state index contributed by atoms with van der Waals surface area (Å²) in [6, 6.07) is 17.4. The van der Waals surface area contributed by atoms with Crippen LogP contribution < -0.4 is 14.8 Å². The summed E-state index contributed by atoms with van der Waals surface area (Å²) in [5.74, 6) is 1.66. The fourth-order valence-corrected chi connectivity index (χ4v) is 3.93. The largest absolute Gasteiger partial charge is 0.493 e. The predicted molar refractivity (Wildman–Crippen MR) is 146 cm³/mol. The summed E-state index contributed by atoms with van der Waals surface area (Å²) in [5.41, 5.74) is 1.99. The maximum Gasteiger partial charge on any atom is 0.322 e. The van der Waals surface area contributed by atoms with E-state index in [-0.39, 0.29) is 19.0 Å². The number of hydrogen-bond donors (Lipinski definition) is 1. The van der Waals surface area contributed by atoms with Gasteiger partial charge in [0.2, 0.25) is 5.91 Å². The Morgan fingerprint density at radius 1 is 0.974 bits per heavy atom. The lowest BCUT2D eigenvalue weighted by Crippen LogP contribution is -2.45. The number of amides is 3. The Labute approximate surface area is 228 Å². The van der Waals surface area contributed by atoms with Gasteiger partial charge in [-0.25, -0.2) is 4.79 Å². The van der Waals surface area contributed by atoms with E-state index in [9.17, 15) is 9.59 Å².